The van der Waals surface area contributed by atoms with Crippen molar-refractivity contribution in [2.24, 2.45) is 0 Å². The van der Waals surface area contributed by atoms with E-state index < -0.39 is 0 Å². The number of benzene rings is 2. The van der Waals surface area contributed by atoms with Crippen LogP contribution < -0.4 is 5.56 Å². The summed E-state index contributed by atoms with van der Waals surface area (Å²) in [6.07, 6.45) is 0. The number of carbonyl (C=O) groups is 1. The number of H-pyrrole nitrogens is 1. The number of ether oxygens (including phenoxy) is 1. The third-order valence-corrected chi connectivity index (χ3v) is 4.96. The highest BCUT2D eigenvalue weighted by Crippen LogP contribution is 2.26. The summed E-state index contributed by atoms with van der Waals surface area (Å²) < 4.78 is 11.3. The summed E-state index contributed by atoms with van der Waals surface area (Å²) in [4.78, 5) is 33.2. The van der Waals surface area contributed by atoms with Gasteiger partial charge in [-0.05, 0) is 31.2 Å². The van der Waals surface area contributed by atoms with Crippen molar-refractivity contribution in [3.05, 3.63) is 76.5 Å². The van der Waals surface area contributed by atoms with Crippen molar-refractivity contribution in [2.45, 2.75) is 19.6 Å². The smallest absolute Gasteiger partial charge is 0.258 e. The SMILES string of the molecule is CC(c1cc2ccccc2o1)N(C)C(=O)COCc1nc2ccccc2c(=O)[nH]1. The van der Waals surface area contributed by atoms with E-state index in [-0.39, 0.29) is 30.7 Å². The molecular weight excluding hydrogens is 370 g/mol. The van der Waals surface area contributed by atoms with Crippen molar-refractivity contribution in [1.29, 1.82) is 0 Å². The number of rotatable bonds is 6. The molecule has 2 aromatic heterocycles. The summed E-state index contributed by atoms with van der Waals surface area (Å²) in [6, 6.07) is 16.5. The van der Waals surface area contributed by atoms with E-state index in [2.05, 4.69) is 9.97 Å². The van der Waals surface area contributed by atoms with Crippen LogP contribution in [0.3, 0.4) is 0 Å². The van der Waals surface area contributed by atoms with Gasteiger partial charge in [0, 0.05) is 12.4 Å². The first kappa shape index (κ1) is 18.9. The van der Waals surface area contributed by atoms with Crippen molar-refractivity contribution in [3.8, 4) is 0 Å². The first-order valence-electron chi connectivity index (χ1n) is 9.33. The van der Waals surface area contributed by atoms with Crippen LogP contribution in [0.5, 0.6) is 0 Å². The number of carbonyl (C=O) groups excluding carboxylic acids is 1. The zero-order valence-electron chi connectivity index (χ0n) is 16.2. The Labute approximate surface area is 166 Å². The molecule has 0 spiro atoms. The van der Waals surface area contributed by atoms with Crippen LogP contribution in [0, 0.1) is 0 Å². The Bertz CT molecular complexity index is 1190. The number of nitrogens with one attached hydrogen (secondary N) is 1. The minimum atomic E-state index is -0.239. The van der Waals surface area contributed by atoms with Crippen LogP contribution in [0.2, 0.25) is 0 Å². The van der Waals surface area contributed by atoms with Crippen LogP contribution in [0.15, 0.2) is 63.8 Å². The predicted molar refractivity (Wildman–Crippen MR) is 109 cm³/mol. The third-order valence-electron chi connectivity index (χ3n) is 4.96. The molecule has 1 atom stereocenters. The van der Waals surface area contributed by atoms with Crippen molar-refractivity contribution in [1.82, 2.24) is 14.9 Å². The van der Waals surface area contributed by atoms with E-state index in [4.69, 9.17) is 9.15 Å². The van der Waals surface area contributed by atoms with E-state index in [9.17, 15) is 9.59 Å². The molecular formula is C22H21N3O4. The summed E-state index contributed by atoms with van der Waals surface area (Å²) in [5, 5.41) is 1.52. The van der Waals surface area contributed by atoms with Crippen LogP contribution in [0.25, 0.3) is 21.9 Å². The van der Waals surface area contributed by atoms with Gasteiger partial charge in [-0.2, -0.15) is 0 Å². The summed E-state index contributed by atoms with van der Waals surface area (Å²) in [5.74, 6) is 0.901. The van der Waals surface area contributed by atoms with Gasteiger partial charge in [-0.15, -0.1) is 0 Å². The van der Waals surface area contributed by atoms with Crippen molar-refractivity contribution in [3.63, 3.8) is 0 Å². The molecule has 0 aliphatic rings. The molecule has 4 rings (SSSR count). The molecule has 0 saturated heterocycles. The standard InChI is InChI=1S/C22H21N3O4/c1-14(19-11-15-7-3-6-10-18(15)29-19)25(2)21(26)13-28-12-20-23-17-9-5-4-8-16(17)22(27)24-20/h3-11,14H,12-13H2,1-2H3,(H,23,24,27). The number of amides is 1. The monoisotopic (exact) mass is 391 g/mol. The number of nitrogens with zero attached hydrogens (tertiary/aromatic N) is 2. The van der Waals surface area contributed by atoms with E-state index in [1.54, 1.807) is 30.1 Å². The van der Waals surface area contributed by atoms with E-state index in [0.717, 1.165) is 11.0 Å². The maximum Gasteiger partial charge on any atom is 0.258 e. The van der Waals surface area contributed by atoms with Gasteiger partial charge in [0.15, 0.2) is 0 Å². The molecule has 2 heterocycles. The number of hydrogen-bond acceptors (Lipinski definition) is 5. The molecule has 4 aromatic rings. The molecule has 29 heavy (non-hydrogen) atoms. The Hall–Kier alpha value is -3.45. The predicted octanol–water partition coefficient (Wildman–Crippen LogP) is 3.41. The lowest BCUT2D eigenvalue weighted by atomic mass is 10.2. The molecule has 0 bridgehead atoms. The quantitative estimate of drug-likeness (QED) is 0.544. The molecule has 2 aromatic carbocycles. The third kappa shape index (κ3) is 3.90. The Kier molecular flexibility index (Phi) is 5.14. The molecule has 1 unspecified atom stereocenters. The Morgan fingerprint density at radius 2 is 1.97 bits per heavy atom. The molecule has 0 aliphatic heterocycles. The molecule has 7 heteroatoms. The van der Waals surface area contributed by atoms with Gasteiger partial charge in [0.1, 0.15) is 30.4 Å². The molecule has 0 aliphatic carbocycles. The second-order valence-corrected chi connectivity index (χ2v) is 6.89. The Morgan fingerprint density at radius 1 is 1.21 bits per heavy atom. The Morgan fingerprint density at radius 3 is 2.79 bits per heavy atom. The highest BCUT2D eigenvalue weighted by Gasteiger charge is 2.21. The maximum atomic E-state index is 12.5. The molecule has 0 fully saturated rings. The highest BCUT2D eigenvalue weighted by molar-refractivity contribution is 5.80. The second kappa shape index (κ2) is 7.89. The van der Waals surface area contributed by atoms with Crippen molar-refractivity contribution < 1.29 is 13.9 Å². The minimum absolute atomic E-state index is 0.0404. The fourth-order valence-electron chi connectivity index (χ4n) is 3.16. The van der Waals surface area contributed by atoms with Gasteiger partial charge < -0.3 is 19.0 Å². The van der Waals surface area contributed by atoms with Gasteiger partial charge in [0.2, 0.25) is 5.91 Å². The maximum absolute atomic E-state index is 12.5. The van der Waals surface area contributed by atoms with Gasteiger partial charge >= 0.3 is 0 Å². The fourth-order valence-corrected chi connectivity index (χ4v) is 3.16. The van der Waals surface area contributed by atoms with Gasteiger partial charge in [-0.25, -0.2) is 4.98 Å². The fraction of sp³-hybridized carbons (Fsp3) is 0.227. The van der Waals surface area contributed by atoms with Gasteiger partial charge in [0.25, 0.3) is 5.56 Å². The molecule has 0 radical (unpaired) electrons. The largest absolute Gasteiger partial charge is 0.459 e. The van der Waals surface area contributed by atoms with Crippen LogP contribution in [0.4, 0.5) is 0 Å². The summed E-state index contributed by atoms with van der Waals surface area (Å²) in [7, 11) is 1.71. The van der Waals surface area contributed by atoms with Crippen LogP contribution in [-0.4, -0.2) is 34.4 Å². The van der Waals surface area contributed by atoms with E-state index in [1.165, 1.54) is 0 Å². The first-order chi connectivity index (χ1) is 14.0. The summed E-state index contributed by atoms with van der Waals surface area (Å²) in [5.41, 5.74) is 1.16. The molecule has 148 valence electrons. The summed E-state index contributed by atoms with van der Waals surface area (Å²) >= 11 is 0. The lowest BCUT2D eigenvalue weighted by Gasteiger charge is -2.23. The van der Waals surface area contributed by atoms with Crippen molar-refractivity contribution in [2.75, 3.05) is 13.7 Å². The zero-order chi connectivity index (χ0) is 20.4. The molecule has 1 N–H and O–H groups in total. The van der Waals surface area contributed by atoms with Crippen LogP contribution in [0.1, 0.15) is 24.6 Å². The minimum Gasteiger partial charge on any atom is -0.459 e. The van der Waals surface area contributed by atoms with E-state index in [0.29, 0.717) is 22.5 Å². The Balaban J connectivity index is 1.38. The van der Waals surface area contributed by atoms with Gasteiger partial charge in [-0.1, -0.05) is 30.3 Å². The first-order valence-corrected chi connectivity index (χ1v) is 9.33. The highest BCUT2D eigenvalue weighted by atomic mass is 16.5. The van der Waals surface area contributed by atoms with Crippen molar-refractivity contribution >= 4 is 27.8 Å². The number of aromatic amines is 1. The topological polar surface area (TPSA) is 88.4 Å². The second-order valence-electron chi connectivity index (χ2n) is 6.89. The van der Waals surface area contributed by atoms with E-state index >= 15 is 0 Å². The number of furan rings is 1. The number of fused-ring (bicyclic) bond motifs is 2. The molecule has 1 amide bonds. The van der Waals surface area contributed by atoms with Crippen LogP contribution in [-0.2, 0) is 16.1 Å². The average Bonchev–Trinajstić information content (AvgIpc) is 3.17. The number of hydrogen-bond donors (Lipinski definition) is 1. The number of likely N-dealkylation sites (N-methyl/N-ethyl adjacent to an activating group) is 1. The van der Waals surface area contributed by atoms with Crippen LogP contribution >= 0.6 is 0 Å². The molecule has 0 saturated carbocycles. The summed E-state index contributed by atoms with van der Waals surface area (Å²) in [6.45, 7) is 1.81. The zero-order valence-corrected chi connectivity index (χ0v) is 16.2. The van der Waals surface area contributed by atoms with Gasteiger partial charge in [0.05, 0.1) is 16.9 Å². The number of aromatic nitrogens is 2. The lowest BCUT2D eigenvalue weighted by molar-refractivity contribution is -0.137. The molecule has 7 nitrogen and oxygen atoms in total. The average molecular weight is 391 g/mol. The van der Waals surface area contributed by atoms with Gasteiger partial charge in [-0.3, -0.25) is 9.59 Å². The normalized spacial score (nSPS) is 12.3. The lowest BCUT2D eigenvalue weighted by Crippen LogP contribution is -2.32. The number of para-hydroxylation sites is 2. The van der Waals surface area contributed by atoms with E-state index in [1.807, 2.05) is 43.3 Å².